The van der Waals surface area contributed by atoms with Crippen LogP contribution in [0.2, 0.25) is 0 Å². The SMILES string of the molecule is CC[C@H](C)C(=O)O[C@H]1[C@@]2(C)C[C@]3(OC(=O)C(C)C)[C@@](C)([C@@H]4CC[C@](C)([C@H](O)c5ccoc5)C5=C4[C@H](OC5=O)[C@]13O)[C@@H]2CC(=O)OC. The minimum atomic E-state index is -2.20. The first-order valence-corrected chi connectivity index (χ1v) is 16.4. The van der Waals surface area contributed by atoms with Gasteiger partial charge in [0.15, 0.2) is 17.3 Å². The van der Waals surface area contributed by atoms with E-state index in [9.17, 15) is 29.4 Å². The van der Waals surface area contributed by atoms with Gasteiger partial charge >= 0.3 is 23.9 Å². The molecule has 0 amide bonds. The number of ether oxygens (including phenoxy) is 4. The second-order valence-electron chi connectivity index (χ2n) is 15.2. The van der Waals surface area contributed by atoms with E-state index in [4.69, 9.17) is 23.4 Å². The van der Waals surface area contributed by atoms with E-state index in [1.54, 1.807) is 33.8 Å². The summed E-state index contributed by atoms with van der Waals surface area (Å²) < 4.78 is 29.3. The van der Waals surface area contributed by atoms with Gasteiger partial charge in [-0.25, -0.2) is 4.79 Å². The molecule has 0 unspecified atom stereocenters. The van der Waals surface area contributed by atoms with Crippen LogP contribution in [-0.2, 0) is 38.1 Å². The van der Waals surface area contributed by atoms with E-state index in [-0.39, 0.29) is 18.4 Å². The fourth-order valence-electron chi connectivity index (χ4n) is 10.2. The van der Waals surface area contributed by atoms with Gasteiger partial charge in [0.05, 0.1) is 37.6 Å². The van der Waals surface area contributed by atoms with E-state index in [0.717, 1.165) is 0 Å². The third-order valence-corrected chi connectivity index (χ3v) is 12.7. The molecule has 0 aromatic carbocycles. The number of aliphatic hydroxyl groups is 2. The Hall–Kier alpha value is -3.18. The Morgan fingerprint density at radius 3 is 2.41 bits per heavy atom. The molecule has 1 aromatic heterocycles. The first-order chi connectivity index (χ1) is 21.5. The largest absolute Gasteiger partial charge is 0.472 e. The fraction of sp³-hybridized carbons (Fsp3) is 0.714. The van der Waals surface area contributed by atoms with Crippen LogP contribution in [0.4, 0.5) is 0 Å². The normalized spacial score (nSPS) is 41.6. The fourth-order valence-corrected chi connectivity index (χ4v) is 10.2. The molecular formula is C35H46O11. The number of esters is 4. The summed E-state index contributed by atoms with van der Waals surface area (Å²) in [4.78, 5) is 54.4. The second-order valence-corrected chi connectivity index (χ2v) is 15.2. The maximum Gasteiger partial charge on any atom is 0.335 e. The van der Waals surface area contributed by atoms with Crippen LogP contribution in [0.5, 0.6) is 0 Å². The third kappa shape index (κ3) is 3.78. The van der Waals surface area contributed by atoms with Crippen LogP contribution in [0.1, 0.15) is 92.2 Å². The highest BCUT2D eigenvalue weighted by molar-refractivity contribution is 5.95. The van der Waals surface area contributed by atoms with Gasteiger partial charge in [0.2, 0.25) is 0 Å². The van der Waals surface area contributed by atoms with E-state index >= 15 is 0 Å². The maximum absolute atomic E-state index is 14.1. The standard InChI is InChI=1S/C35H46O11/c1-9-18(4)28(39)45-30-32(6)16-34(46-27(38)17(2)3)33(7,21(32)14-22(36)42-8)20-10-12-31(5,25(37)19-11-13-43-15-19)24-23(20)26(35(30,34)41)44-29(24)40/h11,13,15,17-18,20-21,25-26,30,37,41H,9-10,12,14,16H2,1-8H3/t18-,20+,21+,25+,26-,30-,31-,32-,33-,34-,35-/m0/s1. The maximum atomic E-state index is 14.1. The predicted molar refractivity (Wildman–Crippen MR) is 160 cm³/mol. The molecule has 3 saturated carbocycles. The number of furan rings is 1. The lowest BCUT2D eigenvalue weighted by Gasteiger charge is -2.67. The van der Waals surface area contributed by atoms with Crippen molar-refractivity contribution >= 4 is 23.9 Å². The van der Waals surface area contributed by atoms with E-state index in [1.165, 1.54) is 19.6 Å². The first kappa shape index (κ1) is 32.7. The lowest BCUT2D eigenvalue weighted by molar-refractivity contribution is -0.316. The van der Waals surface area contributed by atoms with Crippen LogP contribution < -0.4 is 0 Å². The Bertz CT molecular complexity index is 1500. The van der Waals surface area contributed by atoms with Crippen LogP contribution in [0, 0.1) is 39.9 Å². The Kier molecular flexibility index (Phi) is 7.41. The van der Waals surface area contributed by atoms with E-state index in [2.05, 4.69) is 0 Å². The van der Waals surface area contributed by atoms with Gasteiger partial charge in [0.1, 0.15) is 6.10 Å². The highest BCUT2D eigenvalue weighted by Gasteiger charge is 2.93. The minimum absolute atomic E-state index is 0.0770. The summed E-state index contributed by atoms with van der Waals surface area (Å²) in [5, 5.41) is 25.1. The van der Waals surface area contributed by atoms with Crippen molar-refractivity contribution in [3.63, 3.8) is 0 Å². The Labute approximate surface area is 269 Å². The monoisotopic (exact) mass is 642 g/mol. The Balaban J connectivity index is 1.64. The smallest absolute Gasteiger partial charge is 0.335 e. The molecule has 6 rings (SSSR count). The van der Waals surface area contributed by atoms with Crippen molar-refractivity contribution in [3.05, 3.63) is 35.3 Å². The van der Waals surface area contributed by atoms with E-state index in [1.807, 2.05) is 20.8 Å². The number of aliphatic hydroxyl groups excluding tert-OH is 1. The van der Waals surface area contributed by atoms with Crippen molar-refractivity contribution in [2.75, 3.05) is 7.11 Å². The van der Waals surface area contributed by atoms with Crippen LogP contribution in [0.15, 0.2) is 34.2 Å². The second kappa shape index (κ2) is 10.4. The van der Waals surface area contributed by atoms with Gasteiger partial charge < -0.3 is 33.6 Å². The zero-order valence-electron chi connectivity index (χ0n) is 27.9. The topological polar surface area (TPSA) is 159 Å². The Morgan fingerprint density at radius 1 is 1.13 bits per heavy atom. The number of carbonyl (C=O) groups excluding carboxylic acids is 4. The van der Waals surface area contributed by atoms with Crippen molar-refractivity contribution in [2.45, 2.75) is 110 Å². The molecule has 0 radical (unpaired) electrons. The highest BCUT2D eigenvalue weighted by Crippen LogP contribution is 2.82. The molecule has 252 valence electrons. The molecule has 46 heavy (non-hydrogen) atoms. The number of rotatable bonds is 9. The number of carbonyl (C=O) groups is 4. The van der Waals surface area contributed by atoms with E-state index in [0.29, 0.717) is 30.4 Å². The highest BCUT2D eigenvalue weighted by atomic mass is 16.6. The zero-order chi connectivity index (χ0) is 33.8. The summed E-state index contributed by atoms with van der Waals surface area (Å²) in [5.74, 6) is -4.45. The lowest BCUT2D eigenvalue weighted by Crippen LogP contribution is -2.80. The number of hydrogen-bond acceptors (Lipinski definition) is 11. The van der Waals surface area contributed by atoms with Gasteiger partial charge in [0, 0.05) is 40.2 Å². The number of fused-ring (bicyclic) bond motifs is 3. The molecule has 5 aliphatic rings. The molecule has 3 fully saturated rings. The summed E-state index contributed by atoms with van der Waals surface area (Å²) in [6.07, 6.45) is 0.399. The summed E-state index contributed by atoms with van der Waals surface area (Å²) in [6, 6.07) is 1.64. The van der Waals surface area contributed by atoms with Crippen LogP contribution in [0.3, 0.4) is 0 Å². The third-order valence-electron chi connectivity index (χ3n) is 12.7. The van der Waals surface area contributed by atoms with Crippen LogP contribution in [-0.4, -0.2) is 64.6 Å². The molecule has 2 heterocycles. The average Bonchev–Trinajstić information content (AvgIpc) is 3.75. The van der Waals surface area contributed by atoms with Crippen molar-refractivity contribution in [1.82, 2.24) is 0 Å². The molecule has 11 atom stereocenters. The minimum Gasteiger partial charge on any atom is -0.472 e. The predicted octanol–water partition coefficient (Wildman–Crippen LogP) is 4.20. The van der Waals surface area contributed by atoms with Gasteiger partial charge in [0.25, 0.3) is 0 Å². The van der Waals surface area contributed by atoms with Gasteiger partial charge in [-0.15, -0.1) is 0 Å². The first-order valence-electron chi connectivity index (χ1n) is 16.4. The van der Waals surface area contributed by atoms with Crippen molar-refractivity contribution in [3.8, 4) is 0 Å². The molecule has 1 aromatic rings. The van der Waals surface area contributed by atoms with Gasteiger partial charge in [-0.2, -0.15) is 0 Å². The summed E-state index contributed by atoms with van der Waals surface area (Å²) in [5.41, 5.74) is -5.95. The average molecular weight is 643 g/mol. The molecule has 11 nitrogen and oxygen atoms in total. The molecule has 2 N–H and O–H groups in total. The van der Waals surface area contributed by atoms with Crippen LogP contribution >= 0.6 is 0 Å². The zero-order valence-corrected chi connectivity index (χ0v) is 27.9. The van der Waals surface area contributed by atoms with Gasteiger partial charge in [-0.3, -0.25) is 14.4 Å². The van der Waals surface area contributed by atoms with Gasteiger partial charge in [-0.1, -0.05) is 48.5 Å². The van der Waals surface area contributed by atoms with Crippen molar-refractivity contribution in [2.24, 2.45) is 39.9 Å². The quantitative estimate of drug-likeness (QED) is 0.294. The summed E-state index contributed by atoms with van der Waals surface area (Å²) in [6.45, 7) is 12.5. The molecule has 1 aliphatic heterocycles. The summed E-state index contributed by atoms with van der Waals surface area (Å²) >= 11 is 0. The van der Waals surface area contributed by atoms with Gasteiger partial charge in [-0.05, 0) is 42.7 Å². The van der Waals surface area contributed by atoms with Crippen molar-refractivity contribution in [1.29, 1.82) is 0 Å². The summed E-state index contributed by atoms with van der Waals surface area (Å²) in [7, 11) is 1.30. The lowest BCUT2D eigenvalue weighted by atomic mass is 9.41. The molecule has 0 spiro atoms. The molecule has 4 aliphatic carbocycles. The Morgan fingerprint density at radius 2 is 1.83 bits per heavy atom. The van der Waals surface area contributed by atoms with Crippen LogP contribution in [0.25, 0.3) is 0 Å². The number of methoxy groups -OCH3 is 1. The number of hydrogen-bond donors (Lipinski definition) is 2. The molecular weight excluding hydrogens is 596 g/mol. The van der Waals surface area contributed by atoms with Crippen molar-refractivity contribution < 1.29 is 52.8 Å². The molecule has 11 heteroatoms. The molecule has 0 saturated heterocycles. The van der Waals surface area contributed by atoms with E-state index < -0.39 is 93.3 Å². The molecule has 2 bridgehead atoms.